The molecule has 0 saturated carbocycles. The van der Waals surface area contributed by atoms with Crippen molar-refractivity contribution in [3.63, 3.8) is 0 Å². The van der Waals surface area contributed by atoms with Gasteiger partial charge in [-0.1, -0.05) is 12.1 Å². The average molecular weight is 377 g/mol. The minimum absolute atomic E-state index is 0.656. The number of nitrogens with one attached hydrogen (secondary N) is 2. The first kappa shape index (κ1) is 17.9. The molecule has 1 aliphatic rings. The number of nitrogens with zero attached hydrogens (tertiary/aromatic N) is 3. The van der Waals surface area contributed by atoms with Crippen molar-refractivity contribution in [2.75, 3.05) is 25.6 Å². The van der Waals surface area contributed by atoms with E-state index in [2.05, 4.69) is 32.9 Å². The molecule has 0 unspecified atom stereocenters. The van der Waals surface area contributed by atoms with Gasteiger partial charge in [-0.3, -0.25) is 4.99 Å². The van der Waals surface area contributed by atoms with Crippen molar-refractivity contribution >= 4 is 11.6 Å². The van der Waals surface area contributed by atoms with Gasteiger partial charge in [0.15, 0.2) is 17.5 Å². The monoisotopic (exact) mass is 377 g/mol. The Hall–Kier alpha value is -3.48. The van der Waals surface area contributed by atoms with Crippen molar-refractivity contribution in [3.05, 3.63) is 66.5 Å². The molecule has 7 nitrogen and oxygen atoms in total. The highest BCUT2D eigenvalue weighted by Crippen LogP contribution is 2.32. The Morgan fingerprint density at radius 3 is 2.68 bits per heavy atom. The Morgan fingerprint density at radius 2 is 1.93 bits per heavy atom. The fourth-order valence-corrected chi connectivity index (χ4v) is 2.93. The Balaban J connectivity index is 1.37. The summed E-state index contributed by atoms with van der Waals surface area (Å²) in [5, 5.41) is 10.9. The predicted molar refractivity (Wildman–Crippen MR) is 109 cm³/mol. The molecular weight excluding hydrogens is 354 g/mol. The Labute approximate surface area is 164 Å². The predicted octanol–water partition coefficient (Wildman–Crippen LogP) is 3.22. The number of guanidine groups is 1. The molecule has 1 aliphatic heterocycles. The second kappa shape index (κ2) is 8.47. The van der Waals surface area contributed by atoms with Gasteiger partial charge in [0.1, 0.15) is 0 Å². The van der Waals surface area contributed by atoms with Crippen LogP contribution < -0.4 is 20.1 Å². The Kier molecular flexibility index (Phi) is 5.42. The number of rotatable bonds is 4. The SMILES string of the molecule is CN=C(NCc1ccc(-n2cccn2)cc1)Nc1ccc2c(c1)OCCCO2. The van der Waals surface area contributed by atoms with Gasteiger partial charge < -0.3 is 20.1 Å². The number of fused-ring (bicyclic) bond motifs is 1. The molecule has 0 aliphatic carbocycles. The van der Waals surface area contributed by atoms with Crippen LogP contribution in [0.15, 0.2) is 65.9 Å². The largest absolute Gasteiger partial charge is 0.490 e. The molecule has 3 aromatic rings. The van der Waals surface area contributed by atoms with Crippen molar-refractivity contribution in [1.82, 2.24) is 15.1 Å². The lowest BCUT2D eigenvalue weighted by atomic mass is 10.2. The van der Waals surface area contributed by atoms with Gasteiger partial charge >= 0.3 is 0 Å². The van der Waals surface area contributed by atoms with E-state index < -0.39 is 0 Å². The molecule has 0 amide bonds. The molecule has 144 valence electrons. The van der Waals surface area contributed by atoms with Crippen LogP contribution in [0.2, 0.25) is 0 Å². The van der Waals surface area contributed by atoms with Crippen molar-refractivity contribution in [2.24, 2.45) is 4.99 Å². The first-order chi connectivity index (χ1) is 13.8. The van der Waals surface area contributed by atoms with E-state index in [1.807, 2.05) is 47.3 Å². The second-order valence-electron chi connectivity index (χ2n) is 6.38. The number of benzene rings is 2. The molecule has 0 saturated heterocycles. The van der Waals surface area contributed by atoms with Gasteiger partial charge in [-0.25, -0.2) is 4.68 Å². The maximum Gasteiger partial charge on any atom is 0.195 e. The minimum atomic E-state index is 0.656. The Bertz CT molecular complexity index is 936. The molecule has 0 atom stereocenters. The Morgan fingerprint density at radius 1 is 1.11 bits per heavy atom. The maximum absolute atomic E-state index is 5.74. The van der Waals surface area contributed by atoms with Crippen LogP contribution in [0.25, 0.3) is 5.69 Å². The molecule has 2 aromatic carbocycles. The quantitative estimate of drug-likeness (QED) is 0.540. The van der Waals surface area contributed by atoms with Crippen LogP contribution in [0.3, 0.4) is 0 Å². The van der Waals surface area contributed by atoms with Crippen LogP contribution >= 0.6 is 0 Å². The van der Waals surface area contributed by atoms with Gasteiger partial charge in [0.25, 0.3) is 0 Å². The molecule has 0 fully saturated rings. The summed E-state index contributed by atoms with van der Waals surface area (Å²) >= 11 is 0. The maximum atomic E-state index is 5.74. The van der Waals surface area contributed by atoms with E-state index in [1.165, 1.54) is 0 Å². The van der Waals surface area contributed by atoms with E-state index in [4.69, 9.17) is 9.47 Å². The van der Waals surface area contributed by atoms with E-state index in [0.29, 0.717) is 25.7 Å². The lowest BCUT2D eigenvalue weighted by Crippen LogP contribution is -2.30. The van der Waals surface area contributed by atoms with Crippen molar-refractivity contribution in [3.8, 4) is 17.2 Å². The lowest BCUT2D eigenvalue weighted by Gasteiger charge is -2.14. The summed E-state index contributed by atoms with van der Waals surface area (Å²) in [5.41, 5.74) is 3.08. The molecule has 0 bridgehead atoms. The molecule has 7 heteroatoms. The van der Waals surface area contributed by atoms with Crippen molar-refractivity contribution < 1.29 is 9.47 Å². The highest BCUT2D eigenvalue weighted by atomic mass is 16.5. The zero-order valence-electron chi connectivity index (χ0n) is 15.8. The molecule has 28 heavy (non-hydrogen) atoms. The third kappa shape index (κ3) is 4.25. The summed E-state index contributed by atoms with van der Waals surface area (Å²) in [6.07, 6.45) is 4.58. The van der Waals surface area contributed by atoms with Crippen LogP contribution in [-0.4, -0.2) is 36.0 Å². The number of aliphatic imine (C=N–C) groups is 1. The normalized spacial score (nSPS) is 13.7. The molecular formula is C21H23N5O2. The van der Waals surface area contributed by atoms with Crippen LogP contribution in [0.5, 0.6) is 11.5 Å². The van der Waals surface area contributed by atoms with Crippen molar-refractivity contribution in [2.45, 2.75) is 13.0 Å². The third-order valence-corrected chi connectivity index (χ3v) is 4.40. The summed E-state index contributed by atoms with van der Waals surface area (Å²) in [7, 11) is 1.75. The number of ether oxygens (including phenoxy) is 2. The average Bonchev–Trinajstić information content (AvgIpc) is 3.17. The topological polar surface area (TPSA) is 72.7 Å². The van der Waals surface area contributed by atoms with Crippen LogP contribution in [0.4, 0.5) is 5.69 Å². The lowest BCUT2D eigenvalue weighted by molar-refractivity contribution is 0.297. The summed E-state index contributed by atoms with van der Waals surface area (Å²) < 4.78 is 13.2. The van der Waals surface area contributed by atoms with Crippen LogP contribution in [0.1, 0.15) is 12.0 Å². The highest BCUT2D eigenvalue weighted by molar-refractivity contribution is 5.93. The van der Waals surface area contributed by atoms with Gasteiger partial charge in [0.05, 0.1) is 18.9 Å². The van der Waals surface area contributed by atoms with Gasteiger partial charge in [-0.15, -0.1) is 0 Å². The summed E-state index contributed by atoms with van der Waals surface area (Å²) in [6.45, 7) is 2.00. The van der Waals surface area contributed by atoms with Crippen LogP contribution in [0, 0.1) is 0 Å². The third-order valence-electron chi connectivity index (χ3n) is 4.40. The van der Waals surface area contributed by atoms with E-state index in [1.54, 1.807) is 13.2 Å². The number of aromatic nitrogens is 2. The molecule has 2 N–H and O–H groups in total. The fraction of sp³-hybridized carbons (Fsp3) is 0.238. The number of hydrogen-bond acceptors (Lipinski definition) is 4. The smallest absolute Gasteiger partial charge is 0.195 e. The van der Waals surface area contributed by atoms with Gasteiger partial charge in [0, 0.05) is 44.2 Å². The fourth-order valence-electron chi connectivity index (χ4n) is 2.93. The van der Waals surface area contributed by atoms with E-state index in [0.717, 1.165) is 34.9 Å². The summed E-state index contributed by atoms with van der Waals surface area (Å²) in [6, 6.07) is 16.0. The standard InChI is InChI=1S/C21H23N5O2/c1-22-21(25-17-6-9-19-20(14-17)28-13-3-12-27-19)23-15-16-4-7-18(8-5-16)26-11-2-10-24-26/h2,4-11,14H,3,12-13,15H2,1H3,(H2,22,23,25). The minimum Gasteiger partial charge on any atom is -0.490 e. The second-order valence-corrected chi connectivity index (χ2v) is 6.38. The molecule has 1 aromatic heterocycles. The van der Waals surface area contributed by atoms with Gasteiger partial charge in [-0.05, 0) is 35.9 Å². The first-order valence-electron chi connectivity index (χ1n) is 9.28. The molecule has 2 heterocycles. The zero-order chi connectivity index (χ0) is 19.2. The van der Waals surface area contributed by atoms with Gasteiger partial charge in [0.2, 0.25) is 0 Å². The molecule has 0 radical (unpaired) electrons. The van der Waals surface area contributed by atoms with Crippen molar-refractivity contribution in [1.29, 1.82) is 0 Å². The number of anilines is 1. The summed E-state index contributed by atoms with van der Waals surface area (Å²) in [4.78, 5) is 4.30. The molecule has 4 rings (SSSR count). The van der Waals surface area contributed by atoms with E-state index in [9.17, 15) is 0 Å². The van der Waals surface area contributed by atoms with Gasteiger partial charge in [-0.2, -0.15) is 5.10 Å². The van der Waals surface area contributed by atoms with E-state index >= 15 is 0 Å². The zero-order valence-corrected chi connectivity index (χ0v) is 15.8. The molecule has 0 spiro atoms. The van der Waals surface area contributed by atoms with E-state index in [-0.39, 0.29) is 0 Å². The number of hydrogen-bond donors (Lipinski definition) is 2. The first-order valence-corrected chi connectivity index (χ1v) is 9.28. The highest BCUT2D eigenvalue weighted by Gasteiger charge is 2.11. The van der Waals surface area contributed by atoms with Crippen LogP contribution in [-0.2, 0) is 6.54 Å². The summed E-state index contributed by atoms with van der Waals surface area (Å²) in [5.74, 6) is 2.22.